The van der Waals surface area contributed by atoms with Gasteiger partial charge in [-0.3, -0.25) is 9.59 Å². The molecule has 0 radical (unpaired) electrons. The van der Waals surface area contributed by atoms with Gasteiger partial charge in [0.25, 0.3) is 5.91 Å². The van der Waals surface area contributed by atoms with Crippen LogP contribution in [-0.4, -0.2) is 25.0 Å². The Bertz CT molecular complexity index is 990. The molecule has 0 atom stereocenters. The van der Waals surface area contributed by atoms with Gasteiger partial charge in [0.2, 0.25) is 5.91 Å². The fraction of sp³-hybridized carbons (Fsp3) is 0.167. The van der Waals surface area contributed by atoms with Crippen molar-refractivity contribution in [3.63, 3.8) is 0 Å². The van der Waals surface area contributed by atoms with Crippen LogP contribution < -0.4 is 20.7 Å². The summed E-state index contributed by atoms with van der Waals surface area (Å²) in [6.07, 6.45) is 0. The molecular weight excluding hydrogens is 378 g/mol. The number of anilines is 2. The SMILES string of the molecule is CCOc1cccc(NCC(=O)Nc2cccc(C(=O)NCc3ccccc3)c2)c1. The summed E-state index contributed by atoms with van der Waals surface area (Å²) in [7, 11) is 0. The second kappa shape index (κ2) is 10.7. The lowest BCUT2D eigenvalue weighted by molar-refractivity contribution is -0.114. The van der Waals surface area contributed by atoms with Crippen LogP contribution in [0.15, 0.2) is 78.9 Å². The van der Waals surface area contributed by atoms with Gasteiger partial charge in [0, 0.05) is 29.5 Å². The second-order valence-corrected chi connectivity index (χ2v) is 6.61. The molecule has 0 fully saturated rings. The van der Waals surface area contributed by atoms with Crippen molar-refractivity contribution in [1.29, 1.82) is 0 Å². The van der Waals surface area contributed by atoms with Crippen molar-refractivity contribution in [2.24, 2.45) is 0 Å². The number of hydrogen-bond acceptors (Lipinski definition) is 4. The van der Waals surface area contributed by atoms with E-state index in [0.29, 0.717) is 24.4 Å². The van der Waals surface area contributed by atoms with Crippen LogP contribution in [0.4, 0.5) is 11.4 Å². The van der Waals surface area contributed by atoms with Gasteiger partial charge in [-0.05, 0) is 42.8 Å². The monoisotopic (exact) mass is 403 g/mol. The summed E-state index contributed by atoms with van der Waals surface area (Å²) in [4.78, 5) is 24.7. The average Bonchev–Trinajstić information content (AvgIpc) is 2.77. The third kappa shape index (κ3) is 6.38. The lowest BCUT2D eigenvalue weighted by Crippen LogP contribution is -2.24. The first kappa shape index (κ1) is 20.9. The molecule has 0 spiro atoms. The van der Waals surface area contributed by atoms with Gasteiger partial charge in [0.05, 0.1) is 13.2 Å². The van der Waals surface area contributed by atoms with E-state index in [0.717, 1.165) is 17.0 Å². The molecule has 0 saturated carbocycles. The summed E-state index contributed by atoms with van der Waals surface area (Å²) < 4.78 is 5.45. The number of amides is 2. The molecule has 3 aromatic carbocycles. The predicted molar refractivity (Wildman–Crippen MR) is 119 cm³/mol. The minimum Gasteiger partial charge on any atom is -0.494 e. The Hall–Kier alpha value is -3.80. The molecule has 2 amide bonds. The number of ether oxygens (including phenoxy) is 1. The summed E-state index contributed by atoms with van der Waals surface area (Å²) in [5.41, 5.74) is 2.87. The average molecular weight is 403 g/mol. The van der Waals surface area contributed by atoms with E-state index in [1.807, 2.05) is 61.5 Å². The molecule has 0 aliphatic carbocycles. The summed E-state index contributed by atoms with van der Waals surface area (Å²) in [5.74, 6) is 0.344. The summed E-state index contributed by atoms with van der Waals surface area (Å²) in [5, 5.41) is 8.76. The Balaban J connectivity index is 1.52. The number of benzene rings is 3. The first-order valence-corrected chi connectivity index (χ1v) is 9.83. The molecule has 0 bridgehead atoms. The zero-order valence-corrected chi connectivity index (χ0v) is 16.9. The Kier molecular flexibility index (Phi) is 7.44. The number of rotatable bonds is 9. The summed E-state index contributed by atoms with van der Waals surface area (Å²) in [6, 6.07) is 24.0. The maximum Gasteiger partial charge on any atom is 0.251 e. The topological polar surface area (TPSA) is 79.5 Å². The van der Waals surface area contributed by atoms with Gasteiger partial charge in [-0.1, -0.05) is 42.5 Å². The predicted octanol–water partition coefficient (Wildman–Crippen LogP) is 4.07. The fourth-order valence-electron chi connectivity index (χ4n) is 2.87. The minimum atomic E-state index is -0.210. The molecule has 0 aromatic heterocycles. The van der Waals surface area contributed by atoms with Crippen LogP contribution in [0.25, 0.3) is 0 Å². The lowest BCUT2D eigenvalue weighted by atomic mass is 10.1. The third-order valence-electron chi connectivity index (χ3n) is 4.30. The van der Waals surface area contributed by atoms with E-state index in [9.17, 15) is 9.59 Å². The standard InChI is InChI=1S/C24H25N3O3/c1-2-30-22-13-7-11-20(15-22)25-17-23(28)27-21-12-6-10-19(14-21)24(29)26-16-18-8-4-3-5-9-18/h3-15,25H,2,16-17H2,1H3,(H,26,29)(H,27,28). The van der Waals surface area contributed by atoms with E-state index >= 15 is 0 Å². The molecule has 154 valence electrons. The quantitative estimate of drug-likeness (QED) is 0.503. The highest BCUT2D eigenvalue weighted by Crippen LogP contribution is 2.17. The number of nitrogens with one attached hydrogen (secondary N) is 3. The number of hydrogen-bond donors (Lipinski definition) is 3. The highest BCUT2D eigenvalue weighted by Gasteiger charge is 2.08. The van der Waals surface area contributed by atoms with Crippen LogP contribution in [0.5, 0.6) is 5.75 Å². The van der Waals surface area contributed by atoms with Crippen molar-refractivity contribution in [3.8, 4) is 5.75 Å². The van der Waals surface area contributed by atoms with Gasteiger partial charge >= 0.3 is 0 Å². The van der Waals surface area contributed by atoms with Gasteiger partial charge < -0.3 is 20.7 Å². The van der Waals surface area contributed by atoms with Crippen LogP contribution in [0.3, 0.4) is 0 Å². The molecule has 3 aromatic rings. The van der Waals surface area contributed by atoms with Gasteiger partial charge in [-0.25, -0.2) is 0 Å². The van der Waals surface area contributed by atoms with E-state index in [1.165, 1.54) is 0 Å². The van der Waals surface area contributed by atoms with Crippen LogP contribution in [0.2, 0.25) is 0 Å². The smallest absolute Gasteiger partial charge is 0.251 e. The highest BCUT2D eigenvalue weighted by atomic mass is 16.5. The van der Waals surface area contributed by atoms with Crippen LogP contribution in [0.1, 0.15) is 22.8 Å². The first-order chi connectivity index (χ1) is 14.6. The summed E-state index contributed by atoms with van der Waals surface area (Å²) >= 11 is 0. The van der Waals surface area contributed by atoms with Crippen LogP contribution >= 0.6 is 0 Å². The molecule has 0 aliphatic rings. The van der Waals surface area contributed by atoms with Crippen molar-refractivity contribution in [1.82, 2.24) is 5.32 Å². The third-order valence-corrected chi connectivity index (χ3v) is 4.30. The Labute approximate surface area is 176 Å². The van der Waals surface area contributed by atoms with E-state index in [-0.39, 0.29) is 18.4 Å². The van der Waals surface area contributed by atoms with Gasteiger partial charge in [0.15, 0.2) is 0 Å². The Morgan fingerprint density at radius 3 is 2.43 bits per heavy atom. The molecule has 0 aliphatic heterocycles. The molecule has 6 nitrogen and oxygen atoms in total. The molecular formula is C24H25N3O3. The fourth-order valence-corrected chi connectivity index (χ4v) is 2.87. The second-order valence-electron chi connectivity index (χ2n) is 6.61. The van der Waals surface area contributed by atoms with Crippen molar-refractivity contribution in [2.45, 2.75) is 13.5 Å². The van der Waals surface area contributed by atoms with Gasteiger partial charge in [0.1, 0.15) is 5.75 Å². The molecule has 6 heteroatoms. The Morgan fingerprint density at radius 2 is 1.63 bits per heavy atom. The van der Waals surface area contributed by atoms with Crippen LogP contribution in [-0.2, 0) is 11.3 Å². The van der Waals surface area contributed by atoms with Crippen molar-refractivity contribution >= 4 is 23.2 Å². The van der Waals surface area contributed by atoms with Gasteiger partial charge in [-0.15, -0.1) is 0 Å². The number of carbonyl (C=O) groups excluding carboxylic acids is 2. The Morgan fingerprint density at radius 1 is 0.867 bits per heavy atom. The van der Waals surface area contributed by atoms with Crippen molar-refractivity contribution in [2.75, 3.05) is 23.8 Å². The number of carbonyl (C=O) groups is 2. The molecule has 0 unspecified atom stereocenters. The first-order valence-electron chi connectivity index (χ1n) is 9.83. The maximum atomic E-state index is 12.4. The largest absolute Gasteiger partial charge is 0.494 e. The highest BCUT2D eigenvalue weighted by molar-refractivity contribution is 5.98. The lowest BCUT2D eigenvalue weighted by Gasteiger charge is -2.10. The van der Waals surface area contributed by atoms with E-state index in [1.54, 1.807) is 24.3 Å². The maximum absolute atomic E-state index is 12.4. The normalized spacial score (nSPS) is 10.2. The van der Waals surface area contributed by atoms with Gasteiger partial charge in [-0.2, -0.15) is 0 Å². The molecule has 3 rings (SSSR count). The zero-order chi connectivity index (χ0) is 21.2. The molecule has 0 heterocycles. The van der Waals surface area contributed by atoms with Crippen molar-refractivity contribution < 1.29 is 14.3 Å². The van der Waals surface area contributed by atoms with E-state index in [2.05, 4.69) is 16.0 Å². The molecule has 3 N–H and O–H groups in total. The zero-order valence-electron chi connectivity index (χ0n) is 16.9. The molecule has 0 saturated heterocycles. The van der Waals surface area contributed by atoms with E-state index in [4.69, 9.17) is 4.74 Å². The van der Waals surface area contributed by atoms with Crippen molar-refractivity contribution in [3.05, 3.63) is 90.0 Å². The van der Waals surface area contributed by atoms with E-state index < -0.39 is 0 Å². The molecule has 30 heavy (non-hydrogen) atoms. The summed E-state index contributed by atoms with van der Waals surface area (Å²) in [6.45, 7) is 3.05. The minimum absolute atomic E-state index is 0.0972. The van der Waals surface area contributed by atoms with Crippen LogP contribution in [0, 0.1) is 0 Å².